The van der Waals surface area contributed by atoms with Gasteiger partial charge in [0.05, 0.1) is 12.1 Å². The summed E-state index contributed by atoms with van der Waals surface area (Å²) < 4.78 is 0. The lowest BCUT2D eigenvalue weighted by atomic mass is 10.0. The van der Waals surface area contributed by atoms with Gasteiger partial charge in [0.2, 0.25) is 0 Å². The van der Waals surface area contributed by atoms with E-state index in [-0.39, 0.29) is 0 Å². The van der Waals surface area contributed by atoms with Gasteiger partial charge < -0.3 is 10.4 Å². The normalized spacial score (nSPS) is 17.5. The second kappa shape index (κ2) is 5.68. The Morgan fingerprint density at radius 3 is 2.30 bits per heavy atom. The van der Waals surface area contributed by atoms with Crippen LogP contribution in [0.4, 0.5) is 5.69 Å². The van der Waals surface area contributed by atoms with E-state index in [0.717, 1.165) is 11.3 Å². The second-order valence-corrected chi connectivity index (χ2v) is 5.63. The molecule has 2 nitrogen and oxygen atoms in total. The fraction of sp³-hybridized carbons (Fsp3) is 0.333. The molecule has 104 valence electrons. The van der Waals surface area contributed by atoms with E-state index in [9.17, 15) is 5.11 Å². The fourth-order valence-electron chi connectivity index (χ4n) is 2.72. The van der Waals surface area contributed by atoms with Gasteiger partial charge in [-0.15, -0.1) is 0 Å². The molecule has 0 spiro atoms. The van der Waals surface area contributed by atoms with Gasteiger partial charge >= 0.3 is 0 Å². The first-order valence-corrected chi connectivity index (χ1v) is 7.34. The summed E-state index contributed by atoms with van der Waals surface area (Å²) in [6.45, 7) is 1.81. The van der Waals surface area contributed by atoms with E-state index in [0.29, 0.717) is 12.0 Å². The largest absolute Gasteiger partial charge is 0.389 e. The van der Waals surface area contributed by atoms with Gasteiger partial charge in [-0.25, -0.2) is 0 Å². The highest BCUT2D eigenvalue weighted by molar-refractivity contribution is 5.54. The molecule has 2 heteroatoms. The molecule has 1 saturated carbocycles. The minimum absolute atomic E-state index is 0.344. The van der Waals surface area contributed by atoms with Crippen LogP contribution in [-0.2, 0) is 0 Å². The third kappa shape index (κ3) is 2.86. The highest BCUT2D eigenvalue weighted by Crippen LogP contribution is 2.43. The Morgan fingerprint density at radius 2 is 1.65 bits per heavy atom. The number of anilines is 1. The number of hydrogen-bond donors (Lipinski definition) is 2. The molecule has 3 rings (SSSR count). The Bertz CT molecular complexity index is 561. The Hall–Kier alpha value is -1.80. The highest BCUT2D eigenvalue weighted by Gasteiger charge is 2.32. The molecular formula is C18H21NO. The first-order chi connectivity index (χ1) is 9.75. The van der Waals surface area contributed by atoms with Crippen molar-refractivity contribution in [3.63, 3.8) is 0 Å². The quantitative estimate of drug-likeness (QED) is 0.846. The summed E-state index contributed by atoms with van der Waals surface area (Å²) in [6.07, 6.45) is 2.11. The third-order valence-corrected chi connectivity index (χ3v) is 3.97. The van der Waals surface area contributed by atoms with Crippen LogP contribution in [-0.4, -0.2) is 5.11 Å². The van der Waals surface area contributed by atoms with E-state index in [1.165, 1.54) is 18.4 Å². The topological polar surface area (TPSA) is 32.3 Å². The summed E-state index contributed by atoms with van der Waals surface area (Å²) in [5.41, 5.74) is 3.34. The van der Waals surface area contributed by atoms with Crippen LogP contribution < -0.4 is 5.32 Å². The number of benzene rings is 2. The van der Waals surface area contributed by atoms with Gasteiger partial charge in [0.15, 0.2) is 0 Å². The summed E-state index contributed by atoms with van der Waals surface area (Å²) in [6, 6.07) is 19.0. The molecule has 1 aliphatic carbocycles. The molecule has 2 unspecified atom stereocenters. The molecule has 20 heavy (non-hydrogen) atoms. The lowest BCUT2D eigenvalue weighted by Gasteiger charge is -2.23. The summed E-state index contributed by atoms with van der Waals surface area (Å²) in [5, 5.41) is 13.5. The molecule has 1 fully saturated rings. The maximum atomic E-state index is 9.90. The summed E-state index contributed by atoms with van der Waals surface area (Å²) in [7, 11) is 0. The van der Waals surface area contributed by atoms with Gasteiger partial charge in [-0.3, -0.25) is 0 Å². The number of aliphatic hydroxyl groups is 1. The van der Waals surface area contributed by atoms with Crippen molar-refractivity contribution in [3.05, 3.63) is 65.7 Å². The maximum Gasteiger partial charge on any atom is 0.0781 e. The predicted octanol–water partition coefficient (Wildman–Crippen LogP) is 4.30. The molecule has 2 aromatic rings. The van der Waals surface area contributed by atoms with Crippen LogP contribution in [0.2, 0.25) is 0 Å². The van der Waals surface area contributed by atoms with Crippen LogP contribution >= 0.6 is 0 Å². The number of hydrogen-bond acceptors (Lipinski definition) is 2. The van der Waals surface area contributed by atoms with E-state index >= 15 is 0 Å². The number of aliphatic hydroxyl groups excluding tert-OH is 1. The zero-order valence-corrected chi connectivity index (χ0v) is 11.8. The van der Waals surface area contributed by atoms with Crippen molar-refractivity contribution in [2.45, 2.75) is 31.9 Å². The van der Waals surface area contributed by atoms with Crippen LogP contribution in [0.15, 0.2) is 54.6 Å². The maximum absolute atomic E-state index is 9.90. The van der Waals surface area contributed by atoms with Gasteiger partial charge in [-0.05, 0) is 37.3 Å². The average molecular weight is 267 g/mol. The minimum Gasteiger partial charge on any atom is -0.389 e. The van der Waals surface area contributed by atoms with E-state index in [2.05, 4.69) is 41.7 Å². The van der Waals surface area contributed by atoms with E-state index in [1.54, 1.807) is 0 Å². The first kappa shape index (κ1) is 13.2. The van der Waals surface area contributed by atoms with Crippen LogP contribution in [0.25, 0.3) is 0 Å². The van der Waals surface area contributed by atoms with Crippen LogP contribution in [0.3, 0.4) is 0 Å². The van der Waals surface area contributed by atoms with Crippen molar-refractivity contribution >= 4 is 5.69 Å². The van der Waals surface area contributed by atoms with Gasteiger partial charge in [-0.2, -0.15) is 0 Å². The zero-order chi connectivity index (χ0) is 13.9. The molecule has 0 saturated heterocycles. The highest BCUT2D eigenvalue weighted by atomic mass is 16.3. The molecule has 0 radical (unpaired) electrons. The Labute approximate surface area is 120 Å². The van der Waals surface area contributed by atoms with Crippen molar-refractivity contribution < 1.29 is 5.11 Å². The molecule has 2 aromatic carbocycles. The number of para-hydroxylation sites is 1. The average Bonchev–Trinajstić information content (AvgIpc) is 3.30. The second-order valence-electron chi connectivity index (χ2n) is 5.63. The molecule has 1 aliphatic rings. The van der Waals surface area contributed by atoms with E-state index in [1.807, 2.05) is 25.1 Å². The standard InChI is InChI=1S/C18H21NO/c1-13(20)16-9-5-6-10-17(16)19-18(15-11-12-15)14-7-3-2-4-8-14/h2-10,13,15,18-20H,11-12H2,1H3. The summed E-state index contributed by atoms with van der Waals surface area (Å²) in [5.74, 6) is 0.708. The lowest BCUT2D eigenvalue weighted by Crippen LogP contribution is -2.14. The molecule has 0 aliphatic heterocycles. The third-order valence-electron chi connectivity index (χ3n) is 3.97. The predicted molar refractivity (Wildman–Crippen MR) is 82.6 cm³/mol. The molecule has 0 aromatic heterocycles. The molecular weight excluding hydrogens is 246 g/mol. The summed E-state index contributed by atoms with van der Waals surface area (Å²) >= 11 is 0. The van der Waals surface area contributed by atoms with Crippen molar-refractivity contribution in [2.75, 3.05) is 5.32 Å². The Morgan fingerprint density at radius 1 is 1.00 bits per heavy atom. The van der Waals surface area contributed by atoms with E-state index in [4.69, 9.17) is 0 Å². The van der Waals surface area contributed by atoms with Gasteiger partial charge in [0, 0.05) is 11.3 Å². The van der Waals surface area contributed by atoms with Gasteiger partial charge in [0.25, 0.3) is 0 Å². The minimum atomic E-state index is -0.450. The monoisotopic (exact) mass is 267 g/mol. The summed E-state index contributed by atoms with van der Waals surface area (Å²) in [4.78, 5) is 0. The van der Waals surface area contributed by atoms with E-state index < -0.39 is 6.10 Å². The first-order valence-electron chi connectivity index (χ1n) is 7.34. The SMILES string of the molecule is CC(O)c1ccccc1NC(c1ccccc1)C1CC1. The zero-order valence-electron chi connectivity index (χ0n) is 11.8. The van der Waals surface area contributed by atoms with Crippen molar-refractivity contribution in [1.29, 1.82) is 0 Å². The smallest absolute Gasteiger partial charge is 0.0781 e. The fourth-order valence-corrected chi connectivity index (χ4v) is 2.72. The molecule has 0 bridgehead atoms. The van der Waals surface area contributed by atoms with Gasteiger partial charge in [0.1, 0.15) is 0 Å². The number of nitrogens with one attached hydrogen (secondary N) is 1. The van der Waals surface area contributed by atoms with Crippen LogP contribution in [0.1, 0.15) is 43.0 Å². The van der Waals surface area contributed by atoms with Crippen LogP contribution in [0, 0.1) is 5.92 Å². The van der Waals surface area contributed by atoms with Crippen LogP contribution in [0.5, 0.6) is 0 Å². The number of rotatable bonds is 5. The Kier molecular flexibility index (Phi) is 3.75. The van der Waals surface area contributed by atoms with Crippen molar-refractivity contribution in [1.82, 2.24) is 0 Å². The molecule has 2 atom stereocenters. The molecule has 2 N–H and O–H groups in total. The Balaban J connectivity index is 1.88. The molecule has 0 heterocycles. The van der Waals surface area contributed by atoms with Gasteiger partial charge in [-0.1, -0.05) is 48.5 Å². The lowest BCUT2D eigenvalue weighted by molar-refractivity contribution is 0.200. The van der Waals surface area contributed by atoms with Crippen molar-refractivity contribution in [3.8, 4) is 0 Å². The van der Waals surface area contributed by atoms with Crippen molar-refractivity contribution in [2.24, 2.45) is 5.92 Å². The molecule has 0 amide bonds.